The summed E-state index contributed by atoms with van der Waals surface area (Å²) in [6.45, 7) is 7.53. The van der Waals surface area contributed by atoms with Crippen molar-refractivity contribution in [2.24, 2.45) is 5.92 Å². The molecule has 1 heterocycles. The summed E-state index contributed by atoms with van der Waals surface area (Å²) >= 11 is 0. The normalized spacial score (nSPS) is 18.2. The third kappa shape index (κ3) is 4.33. The Morgan fingerprint density at radius 3 is 2.09 bits per heavy atom. The third-order valence-electron chi connectivity index (χ3n) is 3.55. The predicted molar refractivity (Wildman–Crippen MR) is 80.7 cm³/mol. The van der Waals surface area contributed by atoms with Gasteiger partial charge in [-0.05, 0) is 26.7 Å². The van der Waals surface area contributed by atoms with Crippen LogP contribution in [0, 0.1) is 5.92 Å². The molecule has 0 aromatic carbocycles. The van der Waals surface area contributed by atoms with Gasteiger partial charge in [0, 0.05) is 7.05 Å². The molecule has 1 N–H and O–H groups in total. The Kier molecular flexibility index (Phi) is 5.28. The van der Waals surface area contributed by atoms with Crippen molar-refractivity contribution in [1.29, 1.82) is 0 Å². The van der Waals surface area contributed by atoms with Crippen LogP contribution in [0.25, 0.3) is 0 Å². The summed E-state index contributed by atoms with van der Waals surface area (Å²) in [5.74, 6) is -1.79. The number of nitrogens with zero attached hydrogens (tertiary/aromatic N) is 2. The first-order chi connectivity index (χ1) is 10.3. The minimum atomic E-state index is -2.29. The molecule has 0 spiro atoms. The molecule has 1 rings (SSSR count). The predicted octanol–water partition coefficient (Wildman–Crippen LogP) is 1.51. The number of carboxylic acid groups (broad SMARTS) is 1. The minimum absolute atomic E-state index is 0.280. The van der Waals surface area contributed by atoms with Gasteiger partial charge in [-0.15, -0.1) is 0 Å². The lowest BCUT2D eigenvalue weighted by atomic mass is 9.93. The number of hydrogen-bond donors (Lipinski definition) is 1. The first-order valence-electron chi connectivity index (χ1n) is 7.45. The summed E-state index contributed by atoms with van der Waals surface area (Å²) in [6, 6.07) is -0.937. The number of carbonyl (C=O) groups excluding carboxylic acids is 2. The van der Waals surface area contributed by atoms with E-state index in [1.54, 1.807) is 34.6 Å². The number of esters is 1. The van der Waals surface area contributed by atoms with Crippen LogP contribution >= 0.6 is 0 Å². The van der Waals surface area contributed by atoms with Crippen molar-refractivity contribution in [3.63, 3.8) is 0 Å². The fourth-order valence-corrected chi connectivity index (χ4v) is 2.51. The number of hydrogen-bond acceptors (Lipinski definition) is 4. The Morgan fingerprint density at radius 2 is 1.74 bits per heavy atom. The van der Waals surface area contributed by atoms with Crippen LogP contribution in [-0.2, 0) is 14.3 Å². The van der Waals surface area contributed by atoms with Gasteiger partial charge in [0.05, 0.1) is 13.1 Å². The van der Waals surface area contributed by atoms with Crippen molar-refractivity contribution in [3.05, 3.63) is 0 Å². The summed E-state index contributed by atoms with van der Waals surface area (Å²) in [4.78, 5) is 37.2. The molecule has 0 aromatic rings. The van der Waals surface area contributed by atoms with Gasteiger partial charge in [-0.2, -0.15) is 0 Å². The van der Waals surface area contributed by atoms with Crippen molar-refractivity contribution in [1.82, 2.24) is 9.80 Å². The maximum Gasteiger partial charge on any atom is 0.407 e. The maximum atomic E-state index is 14.5. The summed E-state index contributed by atoms with van der Waals surface area (Å²) in [5, 5.41) is 8.76. The zero-order chi connectivity index (χ0) is 18.2. The molecule has 2 amide bonds. The molecule has 1 fully saturated rings. The van der Waals surface area contributed by atoms with Crippen LogP contribution in [0.4, 0.5) is 9.18 Å². The van der Waals surface area contributed by atoms with E-state index in [9.17, 15) is 18.8 Å². The van der Waals surface area contributed by atoms with Gasteiger partial charge >= 0.3 is 12.1 Å². The fraction of sp³-hybridized carbons (Fsp3) is 0.800. The van der Waals surface area contributed by atoms with E-state index in [1.165, 1.54) is 7.05 Å². The second-order valence-electron chi connectivity index (χ2n) is 7.24. The molecule has 8 heteroatoms. The maximum absolute atomic E-state index is 14.5. The number of rotatable bonds is 4. The van der Waals surface area contributed by atoms with E-state index in [1.807, 2.05) is 0 Å². The molecule has 1 aliphatic rings. The van der Waals surface area contributed by atoms with Gasteiger partial charge < -0.3 is 19.6 Å². The molecule has 1 aliphatic heterocycles. The zero-order valence-corrected chi connectivity index (χ0v) is 14.4. The molecule has 132 valence electrons. The molecule has 23 heavy (non-hydrogen) atoms. The van der Waals surface area contributed by atoms with E-state index in [2.05, 4.69) is 0 Å². The monoisotopic (exact) mass is 332 g/mol. The van der Waals surface area contributed by atoms with Crippen molar-refractivity contribution >= 4 is 18.0 Å². The van der Waals surface area contributed by atoms with Crippen molar-refractivity contribution in [2.75, 3.05) is 20.1 Å². The van der Waals surface area contributed by atoms with Crippen LogP contribution in [0.15, 0.2) is 0 Å². The number of alkyl halides is 1. The first-order valence-corrected chi connectivity index (χ1v) is 7.45. The Bertz CT molecular complexity index is 495. The van der Waals surface area contributed by atoms with E-state index in [-0.39, 0.29) is 5.92 Å². The topological polar surface area (TPSA) is 87.2 Å². The molecular weight excluding hydrogens is 307 g/mol. The Morgan fingerprint density at radius 1 is 1.26 bits per heavy atom. The van der Waals surface area contributed by atoms with Crippen LogP contribution in [0.1, 0.15) is 34.6 Å². The smallest absolute Gasteiger partial charge is 0.407 e. The van der Waals surface area contributed by atoms with Crippen molar-refractivity contribution in [2.45, 2.75) is 51.9 Å². The van der Waals surface area contributed by atoms with Gasteiger partial charge in [0.15, 0.2) is 0 Å². The van der Waals surface area contributed by atoms with E-state index >= 15 is 0 Å². The Hall–Kier alpha value is -1.86. The van der Waals surface area contributed by atoms with Crippen LogP contribution in [0.3, 0.4) is 0 Å². The fourth-order valence-electron chi connectivity index (χ4n) is 2.51. The van der Waals surface area contributed by atoms with Gasteiger partial charge in [0.2, 0.25) is 5.67 Å². The molecule has 1 saturated heterocycles. The number of halogens is 1. The second kappa shape index (κ2) is 6.33. The molecule has 1 unspecified atom stereocenters. The lowest BCUT2D eigenvalue weighted by Gasteiger charge is -2.44. The van der Waals surface area contributed by atoms with Crippen molar-refractivity contribution in [3.8, 4) is 0 Å². The number of likely N-dealkylation sites (N-methyl/N-ethyl adjacent to an activating group) is 1. The summed E-state index contributed by atoms with van der Waals surface area (Å²) in [6.07, 6.45) is -1.28. The zero-order valence-electron chi connectivity index (χ0n) is 14.4. The number of likely N-dealkylation sites (tertiary alicyclic amines) is 1. The molecule has 0 saturated carbocycles. The average Bonchev–Trinajstić information content (AvgIpc) is 2.30. The Labute approximate surface area is 135 Å². The first kappa shape index (κ1) is 19.2. The van der Waals surface area contributed by atoms with Gasteiger partial charge in [-0.25, -0.2) is 14.0 Å². The van der Waals surface area contributed by atoms with E-state index in [0.717, 1.165) is 9.80 Å². The molecular formula is C15H25FN2O5. The van der Waals surface area contributed by atoms with Crippen LogP contribution < -0.4 is 0 Å². The minimum Gasteiger partial charge on any atom is -0.465 e. The number of amides is 2. The summed E-state index contributed by atoms with van der Waals surface area (Å²) in [5.41, 5.74) is -3.01. The van der Waals surface area contributed by atoms with Gasteiger partial charge in [-0.3, -0.25) is 4.79 Å². The summed E-state index contributed by atoms with van der Waals surface area (Å²) in [7, 11) is 1.33. The molecule has 0 bridgehead atoms. The Balaban J connectivity index is 2.86. The van der Waals surface area contributed by atoms with Gasteiger partial charge in [0.25, 0.3) is 5.91 Å². The summed E-state index contributed by atoms with van der Waals surface area (Å²) < 4.78 is 19.8. The molecule has 0 radical (unpaired) electrons. The third-order valence-corrected chi connectivity index (χ3v) is 3.55. The highest BCUT2D eigenvalue weighted by Crippen LogP contribution is 2.29. The largest absolute Gasteiger partial charge is 0.465 e. The molecule has 0 aromatic heterocycles. The van der Waals surface area contributed by atoms with Crippen molar-refractivity contribution < 1.29 is 28.6 Å². The lowest BCUT2D eigenvalue weighted by molar-refractivity contribution is -0.172. The molecule has 7 nitrogen and oxygen atoms in total. The van der Waals surface area contributed by atoms with E-state index in [0.29, 0.717) is 0 Å². The molecule has 1 atom stereocenters. The lowest BCUT2D eigenvalue weighted by Crippen LogP contribution is -2.68. The van der Waals surface area contributed by atoms with E-state index < -0.39 is 48.4 Å². The van der Waals surface area contributed by atoms with Crippen LogP contribution in [0.2, 0.25) is 0 Å². The quantitative estimate of drug-likeness (QED) is 0.789. The highest BCUT2D eigenvalue weighted by Gasteiger charge is 2.55. The highest BCUT2D eigenvalue weighted by atomic mass is 19.1. The SMILES string of the molecule is CC(C)C(C(=O)OC(C)(C)C)N(C)C(=O)C1(F)CN(C(=O)O)C1. The van der Waals surface area contributed by atoms with Gasteiger partial charge in [0.1, 0.15) is 11.6 Å². The highest BCUT2D eigenvalue weighted by molar-refractivity contribution is 5.92. The number of carbonyl (C=O) groups is 3. The molecule has 0 aliphatic carbocycles. The standard InChI is InChI=1S/C15H25FN2O5/c1-9(2)10(11(19)23-14(3,4)5)17(6)12(20)15(16)7-18(8-15)13(21)22/h9-10H,7-8H2,1-6H3,(H,21,22). The second-order valence-corrected chi connectivity index (χ2v) is 7.24. The van der Waals surface area contributed by atoms with E-state index in [4.69, 9.17) is 9.84 Å². The van der Waals surface area contributed by atoms with Crippen LogP contribution in [-0.4, -0.2) is 70.3 Å². The number of ether oxygens (including phenoxy) is 1. The average molecular weight is 332 g/mol. The van der Waals surface area contributed by atoms with Gasteiger partial charge in [-0.1, -0.05) is 13.8 Å². The van der Waals surface area contributed by atoms with Crippen LogP contribution in [0.5, 0.6) is 0 Å².